The number of nitrogens with zero attached hydrogens (tertiary/aromatic N) is 6. The van der Waals surface area contributed by atoms with Crippen molar-refractivity contribution in [2.45, 2.75) is 18.9 Å². The number of rotatable bonds is 4. The summed E-state index contributed by atoms with van der Waals surface area (Å²) < 4.78 is 3.72. The van der Waals surface area contributed by atoms with Crippen molar-refractivity contribution in [2.75, 3.05) is 25.5 Å². The molecule has 0 radical (unpaired) electrons. The van der Waals surface area contributed by atoms with Gasteiger partial charge >= 0.3 is 0 Å². The fourth-order valence-corrected chi connectivity index (χ4v) is 3.99. The smallest absolute Gasteiger partial charge is 0.276 e. The Labute approximate surface area is 173 Å². The van der Waals surface area contributed by atoms with Crippen molar-refractivity contribution in [2.24, 2.45) is 7.05 Å². The minimum absolute atomic E-state index is 0.257. The van der Waals surface area contributed by atoms with E-state index in [1.165, 1.54) is 0 Å². The molecule has 0 bridgehead atoms. The fraction of sp³-hybridized carbons (Fsp3) is 0.333. The van der Waals surface area contributed by atoms with Crippen LogP contribution in [-0.4, -0.2) is 60.7 Å². The van der Waals surface area contributed by atoms with Crippen molar-refractivity contribution < 1.29 is 4.79 Å². The molecule has 1 aliphatic heterocycles. The summed E-state index contributed by atoms with van der Waals surface area (Å²) in [7, 11) is 4.02. The molecular formula is C21H24N8O. The Morgan fingerprint density at radius 1 is 1.10 bits per heavy atom. The van der Waals surface area contributed by atoms with Gasteiger partial charge in [-0.3, -0.25) is 19.3 Å². The van der Waals surface area contributed by atoms with Crippen molar-refractivity contribution >= 4 is 22.5 Å². The number of carbonyl (C=O) groups excluding carboxylic acids is 1. The van der Waals surface area contributed by atoms with E-state index in [4.69, 9.17) is 0 Å². The number of piperidine rings is 1. The molecule has 4 aromatic rings. The number of H-pyrrole nitrogens is 1. The zero-order valence-electron chi connectivity index (χ0n) is 17.0. The third-order valence-corrected chi connectivity index (χ3v) is 5.74. The molecule has 1 saturated heterocycles. The van der Waals surface area contributed by atoms with Crippen LogP contribution in [-0.2, 0) is 7.05 Å². The highest BCUT2D eigenvalue weighted by Crippen LogP contribution is 2.26. The van der Waals surface area contributed by atoms with E-state index in [1.54, 1.807) is 17.1 Å². The molecule has 2 N–H and O–H groups in total. The molecule has 1 aliphatic rings. The van der Waals surface area contributed by atoms with Crippen molar-refractivity contribution in [3.63, 3.8) is 0 Å². The number of hydrogen-bond donors (Lipinski definition) is 2. The molecule has 4 heterocycles. The maximum atomic E-state index is 12.9. The van der Waals surface area contributed by atoms with E-state index in [2.05, 4.69) is 37.7 Å². The number of fused-ring (bicyclic) bond motifs is 1. The summed E-state index contributed by atoms with van der Waals surface area (Å²) in [6.07, 6.45) is 9.48. The van der Waals surface area contributed by atoms with Crippen LogP contribution in [0.3, 0.4) is 0 Å². The Balaban J connectivity index is 1.36. The highest BCUT2D eigenvalue weighted by molar-refractivity contribution is 6.11. The van der Waals surface area contributed by atoms with Crippen LogP contribution in [0.15, 0.2) is 43.0 Å². The number of aromatic nitrogens is 6. The van der Waals surface area contributed by atoms with Gasteiger partial charge in [0, 0.05) is 30.4 Å². The van der Waals surface area contributed by atoms with Gasteiger partial charge in [0.1, 0.15) is 0 Å². The predicted molar refractivity (Wildman–Crippen MR) is 114 cm³/mol. The second-order valence-electron chi connectivity index (χ2n) is 7.93. The average Bonchev–Trinajstić information content (AvgIpc) is 3.47. The standard InChI is InChI=1S/C21H24N8O/c1-27-7-5-17(6-8-27)29-13-16(11-23-29)24-21(30)20-18-9-14(3-4-19(18)25-26-20)15-10-22-28(2)12-15/h3-4,9-13,17H,5-8H2,1-2H3,(H,24,30)(H,25,26). The van der Waals surface area contributed by atoms with Crippen LogP contribution in [0.25, 0.3) is 22.0 Å². The first kappa shape index (κ1) is 18.6. The van der Waals surface area contributed by atoms with Crippen molar-refractivity contribution in [3.05, 3.63) is 48.7 Å². The van der Waals surface area contributed by atoms with E-state index in [-0.39, 0.29) is 5.91 Å². The van der Waals surface area contributed by atoms with Gasteiger partial charge in [-0.2, -0.15) is 15.3 Å². The largest absolute Gasteiger partial charge is 0.318 e. The topological polar surface area (TPSA) is 96.7 Å². The fourth-order valence-electron chi connectivity index (χ4n) is 3.99. The van der Waals surface area contributed by atoms with Gasteiger partial charge in [0.15, 0.2) is 5.69 Å². The Morgan fingerprint density at radius 3 is 2.70 bits per heavy atom. The van der Waals surface area contributed by atoms with Gasteiger partial charge in [-0.05, 0) is 50.7 Å². The molecule has 5 rings (SSSR count). The lowest BCUT2D eigenvalue weighted by molar-refractivity contribution is 0.102. The molecule has 3 aromatic heterocycles. The minimum atomic E-state index is -0.257. The van der Waals surface area contributed by atoms with Crippen molar-refractivity contribution in [1.82, 2.24) is 34.7 Å². The molecule has 1 amide bonds. The molecule has 0 atom stereocenters. The molecule has 9 nitrogen and oxygen atoms in total. The van der Waals surface area contributed by atoms with Gasteiger partial charge in [-0.25, -0.2) is 0 Å². The summed E-state index contributed by atoms with van der Waals surface area (Å²) in [5, 5.41) is 19.6. The number of amides is 1. The van der Waals surface area contributed by atoms with Gasteiger partial charge in [0.05, 0.1) is 29.6 Å². The number of likely N-dealkylation sites (tertiary alicyclic amines) is 1. The van der Waals surface area contributed by atoms with Gasteiger partial charge < -0.3 is 10.2 Å². The van der Waals surface area contributed by atoms with Crippen LogP contribution in [0.5, 0.6) is 0 Å². The third kappa shape index (κ3) is 3.48. The zero-order valence-corrected chi connectivity index (χ0v) is 17.0. The van der Waals surface area contributed by atoms with Crippen LogP contribution in [0.1, 0.15) is 29.4 Å². The lowest BCUT2D eigenvalue weighted by Gasteiger charge is -2.28. The average molecular weight is 404 g/mol. The number of nitrogens with one attached hydrogen (secondary N) is 2. The SMILES string of the molecule is CN1CCC(n2cc(NC(=O)c3n[nH]c4ccc(-c5cnn(C)c5)cc34)cn2)CC1. The molecule has 30 heavy (non-hydrogen) atoms. The van der Waals surface area contributed by atoms with Crippen LogP contribution in [0.4, 0.5) is 5.69 Å². The van der Waals surface area contributed by atoms with E-state index in [0.29, 0.717) is 17.4 Å². The van der Waals surface area contributed by atoms with Gasteiger partial charge in [-0.1, -0.05) is 6.07 Å². The Hall–Kier alpha value is -3.46. The van der Waals surface area contributed by atoms with Crippen LogP contribution >= 0.6 is 0 Å². The molecule has 1 aromatic carbocycles. The number of benzene rings is 1. The Morgan fingerprint density at radius 2 is 1.93 bits per heavy atom. The minimum Gasteiger partial charge on any atom is -0.318 e. The maximum Gasteiger partial charge on any atom is 0.276 e. The molecular weight excluding hydrogens is 380 g/mol. The second kappa shape index (κ2) is 7.42. The van der Waals surface area contributed by atoms with E-state index in [9.17, 15) is 4.79 Å². The first-order valence-electron chi connectivity index (χ1n) is 10.1. The second-order valence-corrected chi connectivity index (χ2v) is 7.93. The normalized spacial score (nSPS) is 15.7. The molecule has 154 valence electrons. The summed E-state index contributed by atoms with van der Waals surface area (Å²) >= 11 is 0. The molecule has 0 aliphatic carbocycles. The molecule has 0 unspecified atom stereocenters. The summed E-state index contributed by atoms with van der Waals surface area (Å²) in [5.41, 5.74) is 3.84. The van der Waals surface area contributed by atoms with E-state index in [0.717, 1.165) is 48.0 Å². The monoisotopic (exact) mass is 404 g/mol. The molecule has 9 heteroatoms. The van der Waals surface area contributed by atoms with Crippen molar-refractivity contribution in [1.29, 1.82) is 0 Å². The van der Waals surface area contributed by atoms with Crippen LogP contribution < -0.4 is 5.32 Å². The van der Waals surface area contributed by atoms with Crippen LogP contribution in [0, 0.1) is 0 Å². The number of hydrogen-bond acceptors (Lipinski definition) is 5. The number of aryl methyl sites for hydroxylation is 1. The first-order valence-corrected chi connectivity index (χ1v) is 10.1. The summed E-state index contributed by atoms with van der Waals surface area (Å²) in [6.45, 7) is 2.12. The molecule has 0 spiro atoms. The van der Waals surface area contributed by atoms with Crippen molar-refractivity contribution in [3.8, 4) is 11.1 Å². The predicted octanol–water partition coefficient (Wildman–Crippen LogP) is 2.68. The van der Waals surface area contributed by atoms with E-state index >= 15 is 0 Å². The summed E-state index contributed by atoms with van der Waals surface area (Å²) in [5.74, 6) is -0.257. The highest BCUT2D eigenvalue weighted by Gasteiger charge is 2.20. The highest BCUT2D eigenvalue weighted by atomic mass is 16.2. The quantitative estimate of drug-likeness (QED) is 0.545. The number of aromatic amines is 1. The lowest BCUT2D eigenvalue weighted by atomic mass is 10.1. The van der Waals surface area contributed by atoms with Gasteiger partial charge in [-0.15, -0.1) is 0 Å². The lowest BCUT2D eigenvalue weighted by Crippen LogP contribution is -2.31. The number of anilines is 1. The molecule has 1 fully saturated rings. The number of carbonyl (C=O) groups is 1. The summed E-state index contributed by atoms with van der Waals surface area (Å²) in [4.78, 5) is 15.2. The Bertz CT molecular complexity index is 1190. The molecule has 0 saturated carbocycles. The third-order valence-electron chi connectivity index (χ3n) is 5.74. The van der Waals surface area contributed by atoms with Gasteiger partial charge in [0.25, 0.3) is 5.91 Å². The maximum absolute atomic E-state index is 12.9. The first-order chi connectivity index (χ1) is 14.6. The Kier molecular flexibility index (Phi) is 4.59. The summed E-state index contributed by atoms with van der Waals surface area (Å²) in [6, 6.07) is 6.26. The zero-order chi connectivity index (χ0) is 20.7. The van der Waals surface area contributed by atoms with E-state index < -0.39 is 0 Å². The van der Waals surface area contributed by atoms with Gasteiger partial charge in [0.2, 0.25) is 0 Å². The van der Waals surface area contributed by atoms with E-state index in [1.807, 2.05) is 42.3 Å². The van der Waals surface area contributed by atoms with Crippen LogP contribution in [0.2, 0.25) is 0 Å².